The number of amides is 2. The van der Waals surface area contributed by atoms with Gasteiger partial charge in [-0.05, 0) is 47.9 Å². The third-order valence-corrected chi connectivity index (χ3v) is 6.49. The van der Waals surface area contributed by atoms with Gasteiger partial charge in [-0.25, -0.2) is 8.42 Å². The average molecular weight is 414 g/mol. The van der Waals surface area contributed by atoms with E-state index in [2.05, 4.69) is 10.3 Å². The molecule has 8 nitrogen and oxygen atoms in total. The Labute approximate surface area is 169 Å². The van der Waals surface area contributed by atoms with E-state index in [4.69, 9.17) is 0 Å². The fraction of sp³-hybridized carbons (Fsp3) is 0.350. The van der Waals surface area contributed by atoms with E-state index >= 15 is 0 Å². The average Bonchev–Trinajstić information content (AvgIpc) is 3.26. The number of fused-ring (bicyclic) bond motifs is 1. The second-order valence-corrected chi connectivity index (χ2v) is 9.36. The molecule has 0 aliphatic carbocycles. The van der Waals surface area contributed by atoms with Crippen LogP contribution in [0.2, 0.25) is 0 Å². The van der Waals surface area contributed by atoms with Crippen molar-refractivity contribution in [2.75, 3.05) is 29.0 Å². The minimum atomic E-state index is -3.30. The summed E-state index contributed by atoms with van der Waals surface area (Å²) in [5.41, 5.74) is 3.13. The Hall–Kier alpha value is -2.94. The molecular weight excluding hydrogens is 392 g/mol. The Morgan fingerprint density at radius 1 is 1.24 bits per heavy atom. The van der Waals surface area contributed by atoms with E-state index in [9.17, 15) is 18.0 Å². The fourth-order valence-corrected chi connectivity index (χ4v) is 4.81. The monoisotopic (exact) mass is 414 g/mol. The highest BCUT2D eigenvalue weighted by atomic mass is 32.2. The summed E-state index contributed by atoms with van der Waals surface area (Å²) in [5, 5.41) is 2.88. The largest absolute Gasteiger partial charge is 0.338 e. The summed E-state index contributed by atoms with van der Waals surface area (Å²) in [6.45, 7) is 1.25. The number of benzene rings is 1. The highest BCUT2D eigenvalue weighted by Gasteiger charge is 2.34. The zero-order valence-corrected chi connectivity index (χ0v) is 16.9. The van der Waals surface area contributed by atoms with Crippen LogP contribution in [-0.2, 0) is 32.6 Å². The molecule has 1 saturated heterocycles. The summed E-state index contributed by atoms with van der Waals surface area (Å²) in [7, 11) is -3.30. The predicted molar refractivity (Wildman–Crippen MR) is 109 cm³/mol. The van der Waals surface area contributed by atoms with Crippen molar-refractivity contribution in [1.29, 1.82) is 0 Å². The number of nitrogens with zero attached hydrogens (tertiary/aromatic N) is 3. The molecule has 1 atom stereocenters. The summed E-state index contributed by atoms with van der Waals surface area (Å²) >= 11 is 0. The van der Waals surface area contributed by atoms with Crippen molar-refractivity contribution < 1.29 is 18.0 Å². The van der Waals surface area contributed by atoms with Crippen LogP contribution in [-0.4, -0.2) is 49.5 Å². The standard InChI is InChI=1S/C20H22N4O4S/c1-29(27,28)24-9-6-15-10-17(2-3-18(15)24)22-20(26)16-11-19(25)23(13-16)12-14-4-7-21-8-5-14/h2-5,7-8,10,16H,6,9,11-13H2,1H3,(H,22,26)/t16-/m1/s1. The van der Waals surface area contributed by atoms with Crippen LogP contribution in [0.1, 0.15) is 17.5 Å². The minimum Gasteiger partial charge on any atom is -0.338 e. The van der Waals surface area contributed by atoms with Gasteiger partial charge in [0.15, 0.2) is 0 Å². The van der Waals surface area contributed by atoms with Crippen molar-refractivity contribution >= 4 is 33.2 Å². The third kappa shape index (κ3) is 4.09. The first-order valence-electron chi connectivity index (χ1n) is 9.39. The second kappa shape index (κ2) is 7.47. The molecule has 2 amide bonds. The molecule has 1 aromatic carbocycles. The van der Waals surface area contributed by atoms with E-state index in [0.717, 1.165) is 11.1 Å². The molecule has 0 unspecified atom stereocenters. The molecule has 29 heavy (non-hydrogen) atoms. The summed E-state index contributed by atoms with van der Waals surface area (Å²) in [6.07, 6.45) is 5.34. The number of carbonyl (C=O) groups excluding carboxylic acids is 2. The van der Waals surface area contributed by atoms with Crippen LogP contribution < -0.4 is 9.62 Å². The lowest BCUT2D eigenvalue weighted by molar-refractivity contribution is -0.128. The second-order valence-electron chi connectivity index (χ2n) is 7.45. The summed E-state index contributed by atoms with van der Waals surface area (Å²) in [5.74, 6) is -0.654. The Morgan fingerprint density at radius 3 is 2.72 bits per heavy atom. The molecule has 0 saturated carbocycles. The highest BCUT2D eigenvalue weighted by Crippen LogP contribution is 2.32. The molecular formula is C20H22N4O4S. The number of likely N-dealkylation sites (tertiary alicyclic amines) is 1. The van der Waals surface area contributed by atoms with Crippen LogP contribution in [0.3, 0.4) is 0 Å². The molecule has 0 spiro atoms. The lowest BCUT2D eigenvalue weighted by Crippen LogP contribution is -2.28. The van der Waals surface area contributed by atoms with E-state index in [1.165, 1.54) is 10.6 Å². The quantitative estimate of drug-likeness (QED) is 0.797. The van der Waals surface area contributed by atoms with Crippen molar-refractivity contribution in [1.82, 2.24) is 9.88 Å². The number of rotatable bonds is 5. The molecule has 4 rings (SSSR count). The molecule has 1 aromatic heterocycles. The predicted octanol–water partition coefficient (Wildman–Crippen LogP) is 1.39. The minimum absolute atomic E-state index is 0.0419. The number of hydrogen-bond donors (Lipinski definition) is 1. The summed E-state index contributed by atoms with van der Waals surface area (Å²) in [6, 6.07) is 8.93. The molecule has 0 bridgehead atoms. The molecule has 0 radical (unpaired) electrons. The Kier molecular flexibility index (Phi) is 4.99. The Morgan fingerprint density at radius 2 is 2.00 bits per heavy atom. The number of carbonyl (C=O) groups is 2. The smallest absolute Gasteiger partial charge is 0.232 e. The van der Waals surface area contributed by atoms with Crippen LogP contribution >= 0.6 is 0 Å². The number of anilines is 2. The van der Waals surface area contributed by atoms with Gasteiger partial charge in [0.05, 0.1) is 17.9 Å². The SMILES string of the molecule is CS(=O)(=O)N1CCc2cc(NC(=O)[C@@H]3CC(=O)N(Cc4ccncc4)C3)ccc21. The van der Waals surface area contributed by atoms with Crippen molar-refractivity contribution in [2.45, 2.75) is 19.4 Å². The molecule has 9 heteroatoms. The van der Waals surface area contributed by atoms with E-state index in [0.29, 0.717) is 37.4 Å². The number of hydrogen-bond acceptors (Lipinski definition) is 5. The van der Waals surface area contributed by atoms with Gasteiger partial charge in [0.1, 0.15) is 0 Å². The molecule has 2 aliphatic rings. The van der Waals surface area contributed by atoms with E-state index in [-0.39, 0.29) is 18.2 Å². The van der Waals surface area contributed by atoms with Gasteiger partial charge in [0.2, 0.25) is 21.8 Å². The van der Waals surface area contributed by atoms with Gasteiger partial charge in [0, 0.05) is 44.1 Å². The maximum absolute atomic E-state index is 12.7. The van der Waals surface area contributed by atoms with Gasteiger partial charge in [-0.15, -0.1) is 0 Å². The summed E-state index contributed by atoms with van der Waals surface area (Å²) in [4.78, 5) is 30.6. The van der Waals surface area contributed by atoms with Gasteiger partial charge in [-0.3, -0.25) is 18.9 Å². The highest BCUT2D eigenvalue weighted by molar-refractivity contribution is 7.92. The Balaban J connectivity index is 1.41. The number of nitrogens with one attached hydrogen (secondary N) is 1. The number of aromatic nitrogens is 1. The topological polar surface area (TPSA) is 99.7 Å². The molecule has 1 N–H and O–H groups in total. The Bertz CT molecular complexity index is 1060. The molecule has 1 fully saturated rings. The lowest BCUT2D eigenvalue weighted by atomic mass is 10.1. The normalized spacial score (nSPS) is 18.8. The van der Waals surface area contributed by atoms with Gasteiger partial charge >= 0.3 is 0 Å². The molecule has 2 aromatic rings. The maximum atomic E-state index is 12.7. The van der Waals surface area contributed by atoms with Crippen molar-refractivity contribution in [3.8, 4) is 0 Å². The van der Waals surface area contributed by atoms with Crippen molar-refractivity contribution in [2.24, 2.45) is 5.92 Å². The first kappa shape index (κ1) is 19.4. The summed E-state index contributed by atoms with van der Waals surface area (Å²) < 4.78 is 25.1. The first-order valence-corrected chi connectivity index (χ1v) is 11.2. The van der Waals surface area contributed by atoms with Gasteiger partial charge in [-0.2, -0.15) is 0 Å². The lowest BCUT2D eigenvalue weighted by Gasteiger charge is -2.17. The zero-order chi connectivity index (χ0) is 20.6. The molecule has 2 aliphatic heterocycles. The van der Waals surface area contributed by atoms with E-state index in [1.54, 1.807) is 29.4 Å². The van der Waals surface area contributed by atoms with Gasteiger partial charge < -0.3 is 10.2 Å². The van der Waals surface area contributed by atoms with Crippen LogP contribution in [0.5, 0.6) is 0 Å². The van der Waals surface area contributed by atoms with Crippen molar-refractivity contribution in [3.05, 3.63) is 53.9 Å². The third-order valence-electron chi connectivity index (χ3n) is 5.31. The van der Waals surface area contributed by atoms with Gasteiger partial charge in [-0.1, -0.05) is 0 Å². The number of sulfonamides is 1. The number of pyridine rings is 1. The van der Waals surface area contributed by atoms with Gasteiger partial charge in [0.25, 0.3) is 0 Å². The zero-order valence-electron chi connectivity index (χ0n) is 16.0. The molecule has 3 heterocycles. The van der Waals surface area contributed by atoms with E-state index < -0.39 is 15.9 Å². The fourth-order valence-electron chi connectivity index (χ4n) is 3.85. The van der Waals surface area contributed by atoms with Crippen molar-refractivity contribution in [3.63, 3.8) is 0 Å². The van der Waals surface area contributed by atoms with Crippen LogP contribution in [0.4, 0.5) is 11.4 Å². The van der Waals surface area contributed by atoms with Crippen LogP contribution in [0.25, 0.3) is 0 Å². The first-order chi connectivity index (χ1) is 13.8. The van der Waals surface area contributed by atoms with Crippen LogP contribution in [0.15, 0.2) is 42.7 Å². The maximum Gasteiger partial charge on any atom is 0.232 e. The molecule has 152 valence electrons. The van der Waals surface area contributed by atoms with Crippen LogP contribution in [0, 0.1) is 5.92 Å². The van der Waals surface area contributed by atoms with E-state index in [1.807, 2.05) is 18.2 Å².